The van der Waals surface area contributed by atoms with E-state index in [1.165, 1.54) is 7.11 Å². The van der Waals surface area contributed by atoms with Crippen LogP contribution in [0.2, 0.25) is 0 Å². The van der Waals surface area contributed by atoms with Gasteiger partial charge in [0.2, 0.25) is 5.91 Å². The van der Waals surface area contributed by atoms with E-state index in [0.29, 0.717) is 13.2 Å². The van der Waals surface area contributed by atoms with E-state index in [4.69, 9.17) is 4.74 Å². The minimum Gasteiger partial charge on any atom is -0.383 e. The topological polar surface area (TPSA) is 38.8 Å². The van der Waals surface area contributed by atoms with Crippen LogP contribution in [0.3, 0.4) is 0 Å². The normalized spacial score (nSPS) is 9.73. The van der Waals surface area contributed by atoms with Crippen LogP contribution in [0.15, 0.2) is 0 Å². The predicted molar refractivity (Wildman–Crippen MR) is 41.4 cm³/mol. The van der Waals surface area contributed by atoms with E-state index >= 15 is 0 Å². The monoisotopic (exact) mass is 161 g/mol. The van der Waals surface area contributed by atoms with Crippen LogP contribution in [0.1, 0.15) is 0 Å². The molecule has 0 radical (unpaired) electrons. The van der Waals surface area contributed by atoms with Gasteiger partial charge in [0.25, 0.3) is 0 Å². The summed E-state index contributed by atoms with van der Waals surface area (Å²) in [6.45, 7) is 1.31. The van der Waals surface area contributed by atoms with Gasteiger partial charge in [-0.3, -0.25) is 4.79 Å². The summed E-state index contributed by atoms with van der Waals surface area (Å²) < 4.78 is 9.48. The molecule has 1 amide bonds. The first-order valence-electron chi connectivity index (χ1n) is 3.44. The number of carbonyl (C=O) groups is 1. The van der Waals surface area contributed by atoms with E-state index in [1.54, 1.807) is 19.1 Å². The summed E-state index contributed by atoms with van der Waals surface area (Å²) in [7, 11) is 4.83. The van der Waals surface area contributed by atoms with Crippen LogP contribution < -0.4 is 0 Å². The number of likely N-dealkylation sites (N-methyl/N-ethyl adjacent to an activating group) is 1. The first-order valence-corrected chi connectivity index (χ1v) is 3.44. The first-order chi connectivity index (χ1) is 5.22. The van der Waals surface area contributed by atoms with Gasteiger partial charge in [0.1, 0.15) is 6.61 Å². The highest BCUT2D eigenvalue weighted by atomic mass is 16.5. The highest BCUT2D eigenvalue weighted by molar-refractivity contribution is 5.77. The Hall–Kier alpha value is -0.610. The minimum atomic E-state index is -0.0236. The Labute approximate surface area is 67.1 Å². The van der Waals surface area contributed by atoms with Crippen molar-refractivity contribution >= 4 is 5.91 Å². The molecule has 0 aliphatic heterocycles. The lowest BCUT2D eigenvalue weighted by Crippen LogP contribution is -2.32. The van der Waals surface area contributed by atoms with Crippen LogP contribution in [-0.2, 0) is 14.3 Å². The lowest BCUT2D eigenvalue weighted by atomic mass is 10.5. The Balaban J connectivity index is 3.46. The van der Waals surface area contributed by atoms with Crippen LogP contribution in [0, 0.1) is 0 Å². The maximum absolute atomic E-state index is 11.0. The molecule has 0 saturated heterocycles. The second-order valence-electron chi connectivity index (χ2n) is 2.24. The van der Waals surface area contributed by atoms with E-state index in [2.05, 4.69) is 4.74 Å². The van der Waals surface area contributed by atoms with Crippen molar-refractivity contribution in [3.8, 4) is 0 Å². The van der Waals surface area contributed by atoms with E-state index < -0.39 is 0 Å². The molecule has 0 aliphatic rings. The van der Waals surface area contributed by atoms with Gasteiger partial charge >= 0.3 is 0 Å². The van der Waals surface area contributed by atoms with Crippen LogP contribution >= 0.6 is 0 Å². The second kappa shape index (κ2) is 6.12. The summed E-state index contributed by atoms with van der Waals surface area (Å²) in [6, 6.07) is 0. The number of ether oxygens (including phenoxy) is 2. The Morgan fingerprint density at radius 3 is 2.45 bits per heavy atom. The first kappa shape index (κ1) is 10.4. The molecule has 0 aromatic heterocycles. The van der Waals surface area contributed by atoms with Gasteiger partial charge in [-0.25, -0.2) is 0 Å². The van der Waals surface area contributed by atoms with Gasteiger partial charge in [0.15, 0.2) is 0 Å². The summed E-state index contributed by atoms with van der Waals surface area (Å²) in [5.41, 5.74) is 0. The van der Waals surface area contributed by atoms with Gasteiger partial charge in [-0.05, 0) is 0 Å². The number of amides is 1. The number of methoxy groups -OCH3 is 2. The third kappa shape index (κ3) is 4.75. The van der Waals surface area contributed by atoms with Crippen LogP contribution in [0.4, 0.5) is 0 Å². The molecule has 11 heavy (non-hydrogen) atoms. The zero-order chi connectivity index (χ0) is 8.69. The van der Waals surface area contributed by atoms with E-state index in [1.807, 2.05) is 0 Å². The fraction of sp³-hybridized carbons (Fsp3) is 0.857. The van der Waals surface area contributed by atoms with Gasteiger partial charge < -0.3 is 14.4 Å². The number of hydrogen-bond acceptors (Lipinski definition) is 3. The summed E-state index contributed by atoms with van der Waals surface area (Å²) >= 11 is 0. The lowest BCUT2D eigenvalue weighted by molar-refractivity contribution is -0.134. The molecular weight excluding hydrogens is 146 g/mol. The SMILES string of the molecule is COCCN(C)C(=O)COC. The summed E-state index contributed by atoms with van der Waals surface area (Å²) in [5.74, 6) is -0.0236. The molecule has 0 bridgehead atoms. The molecule has 4 nitrogen and oxygen atoms in total. The standard InChI is InChI=1S/C7H15NO3/c1-8(4-5-10-2)7(9)6-11-3/h4-6H2,1-3H3. The molecule has 0 N–H and O–H groups in total. The maximum Gasteiger partial charge on any atom is 0.248 e. The molecular formula is C7H15NO3. The molecule has 4 heteroatoms. The summed E-state index contributed by atoms with van der Waals surface area (Å²) in [4.78, 5) is 12.6. The van der Waals surface area contributed by atoms with E-state index in [9.17, 15) is 4.79 Å². The van der Waals surface area contributed by atoms with Gasteiger partial charge in [0, 0.05) is 27.8 Å². The predicted octanol–water partition coefficient (Wildman–Crippen LogP) is -0.262. The average molecular weight is 161 g/mol. The van der Waals surface area contributed by atoms with Crippen molar-refractivity contribution in [1.82, 2.24) is 4.90 Å². The molecule has 66 valence electrons. The van der Waals surface area contributed by atoms with Crippen molar-refractivity contribution in [3.63, 3.8) is 0 Å². The second-order valence-corrected chi connectivity index (χ2v) is 2.24. The Kier molecular flexibility index (Phi) is 5.78. The quantitative estimate of drug-likeness (QED) is 0.557. The Morgan fingerprint density at radius 2 is 2.00 bits per heavy atom. The number of carbonyl (C=O) groups excluding carboxylic acids is 1. The average Bonchev–Trinajstić information content (AvgIpc) is 2.00. The third-order valence-corrected chi connectivity index (χ3v) is 1.32. The zero-order valence-electron chi connectivity index (χ0n) is 7.29. The summed E-state index contributed by atoms with van der Waals surface area (Å²) in [5, 5.41) is 0. The molecule has 0 saturated carbocycles. The van der Waals surface area contributed by atoms with Crippen LogP contribution in [0.5, 0.6) is 0 Å². The van der Waals surface area contributed by atoms with Crippen molar-refractivity contribution < 1.29 is 14.3 Å². The van der Waals surface area contributed by atoms with Gasteiger partial charge in [-0.15, -0.1) is 0 Å². The zero-order valence-corrected chi connectivity index (χ0v) is 7.29. The molecule has 0 rings (SSSR count). The number of nitrogens with zero attached hydrogens (tertiary/aromatic N) is 1. The molecule has 0 aliphatic carbocycles. The molecule has 0 atom stereocenters. The maximum atomic E-state index is 11.0. The third-order valence-electron chi connectivity index (χ3n) is 1.32. The fourth-order valence-corrected chi connectivity index (χ4v) is 0.587. The number of hydrogen-bond donors (Lipinski definition) is 0. The fourth-order valence-electron chi connectivity index (χ4n) is 0.587. The van der Waals surface area contributed by atoms with E-state index in [-0.39, 0.29) is 12.5 Å². The minimum absolute atomic E-state index is 0.0236. The highest BCUT2D eigenvalue weighted by Gasteiger charge is 2.05. The van der Waals surface area contributed by atoms with Crippen LogP contribution in [0.25, 0.3) is 0 Å². The molecule has 0 heterocycles. The Bertz CT molecular complexity index is 116. The van der Waals surface area contributed by atoms with Crippen molar-refractivity contribution in [2.45, 2.75) is 0 Å². The number of rotatable bonds is 5. The van der Waals surface area contributed by atoms with Crippen LogP contribution in [-0.4, -0.2) is 51.8 Å². The molecule has 0 fully saturated rings. The van der Waals surface area contributed by atoms with Crippen molar-refractivity contribution in [1.29, 1.82) is 0 Å². The van der Waals surface area contributed by atoms with Gasteiger partial charge in [-0.1, -0.05) is 0 Å². The van der Waals surface area contributed by atoms with Gasteiger partial charge in [0.05, 0.1) is 6.61 Å². The largest absolute Gasteiger partial charge is 0.383 e. The molecule has 0 unspecified atom stereocenters. The smallest absolute Gasteiger partial charge is 0.248 e. The van der Waals surface area contributed by atoms with Crippen molar-refractivity contribution in [2.75, 3.05) is 41.0 Å². The molecule has 0 aromatic carbocycles. The van der Waals surface area contributed by atoms with Crippen molar-refractivity contribution in [3.05, 3.63) is 0 Å². The molecule has 0 aromatic rings. The van der Waals surface area contributed by atoms with Gasteiger partial charge in [-0.2, -0.15) is 0 Å². The van der Waals surface area contributed by atoms with E-state index in [0.717, 1.165) is 0 Å². The lowest BCUT2D eigenvalue weighted by Gasteiger charge is -2.15. The molecule has 0 spiro atoms. The summed E-state index contributed by atoms with van der Waals surface area (Å²) in [6.07, 6.45) is 0. The Morgan fingerprint density at radius 1 is 1.36 bits per heavy atom. The van der Waals surface area contributed by atoms with Crippen molar-refractivity contribution in [2.24, 2.45) is 0 Å². The highest BCUT2D eigenvalue weighted by Crippen LogP contribution is 1.84.